The number of halogens is 4. The predicted octanol–water partition coefficient (Wildman–Crippen LogP) is 4.35. The van der Waals surface area contributed by atoms with Crippen molar-refractivity contribution in [2.24, 2.45) is 0 Å². The van der Waals surface area contributed by atoms with Gasteiger partial charge in [0.25, 0.3) is 5.92 Å². The van der Waals surface area contributed by atoms with Gasteiger partial charge < -0.3 is 4.74 Å². The Hall–Kier alpha value is -2.66. The number of ether oxygens (including phenoxy) is 1. The molecule has 1 aliphatic heterocycles. The minimum Gasteiger partial charge on any atom is -0.444 e. The summed E-state index contributed by atoms with van der Waals surface area (Å²) in [6.45, 7) is 3.72. The molecule has 1 N–H and O–H groups in total. The highest BCUT2D eigenvalue weighted by molar-refractivity contribution is 7.88. The van der Waals surface area contributed by atoms with Gasteiger partial charge in [0.15, 0.2) is 0 Å². The van der Waals surface area contributed by atoms with Crippen LogP contribution in [-0.4, -0.2) is 55.8 Å². The first-order chi connectivity index (χ1) is 15.5. The molecule has 0 radical (unpaired) electrons. The number of carbonyl (C=O) groups is 1. The molecular weight excluding hydrogens is 476 g/mol. The number of hydrogen-bond acceptors (Lipinski definition) is 4. The van der Waals surface area contributed by atoms with Crippen LogP contribution in [0.2, 0.25) is 0 Å². The van der Waals surface area contributed by atoms with E-state index in [1.165, 1.54) is 0 Å². The van der Waals surface area contributed by atoms with Gasteiger partial charge in [-0.3, -0.25) is 4.90 Å². The third kappa shape index (κ3) is 6.47. The minimum atomic E-state index is -4.04. The number of likely N-dealkylation sites (tertiary alicyclic amines) is 1. The molecular formula is C23H26F4N2O4S. The van der Waals surface area contributed by atoms with E-state index in [0.29, 0.717) is 11.1 Å². The first-order valence-corrected chi connectivity index (χ1v) is 12.3. The summed E-state index contributed by atoms with van der Waals surface area (Å²) < 4.78 is 88.0. The van der Waals surface area contributed by atoms with E-state index in [2.05, 4.69) is 0 Å². The summed E-state index contributed by atoms with van der Waals surface area (Å²) in [5.74, 6) is -5.11. The number of amides is 1. The van der Waals surface area contributed by atoms with Crippen LogP contribution in [0.3, 0.4) is 0 Å². The van der Waals surface area contributed by atoms with Crippen LogP contribution in [0.1, 0.15) is 26.3 Å². The van der Waals surface area contributed by atoms with E-state index >= 15 is 0 Å². The minimum absolute atomic E-state index is 0.159. The maximum Gasteiger partial charge on any atom is 0.410 e. The van der Waals surface area contributed by atoms with Crippen molar-refractivity contribution in [2.45, 2.75) is 50.8 Å². The van der Waals surface area contributed by atoms with Gasteiger partial charge in [-0.2, -0.15) is 0 Å². The van der Waals surface area contributed by atoms with Crippen molar-refractivity contribution in [2.75, 3.05) is 12.8 Å². The van der Waals surface area contributed by atoms with E-state index < -0.39 is 57.9 Å². The van der Waals surface area contributed by atoms with Crippen molar-refractivity contribution < 1.29 is 35.5 Å². The summed E-state index contributed by atoms with van der Waals surface area (Å²) >= 11 is 0. The lowest BCUT2D eigenvalue weighted by Gasteiger charge is -2.30. The maximum absolute atomic E-state index is 14.9. The van der Waals surface area contributed by atoms with Crippen molar-refractivity contribution in [3.63, 3.8) is 0 Å². The third-order valence-corrected chi connectivity index (χ3v) is 5.84. The van der Waals surface area contributed by atoms with Crippen LogP contribution >= 0.6 is 0 Å². The molecule has 1 amide bonds. The van der Waals surface area contributed by atoms with E-state index in [0.717, 1.165) is 29.4 Å². The largest absolute Gasteiger partial charge is 0.444 e. The molecule has 0 unspecified atom stereocenters. The molecule has 0 aromatic heterocycles. The lowest BCUT2D eigenvalue weighted by Crippen LogP contribution is -2.52. The molecule has 1 saturated heterocycles. The summed E-state index contributed by atoms with van der Waals surface area (Å²) in [4.78, 5) is 13.6. The summed E-state index contributed by atoms with van der Waals surface area (Å²) in [5.41, 5.74) is 0.169. The zero-order valence-corrected chi connectivity index (χ0v) is 19.9. The smallest absolute Gasteiger partial charge is 0.410 e. The Balaban J connectivity index is 1.99. The van der Waals surface area contributed by atoms with Gasteiger partial charge in [-0.05, 0) is 56.0 Å². The van der Waals surface area contributed by atoms with Crippen LogP contribution in [0.5, 0.6) is 0 Å². The lowest BCUT2D eigenvalue weighted by atomic mass is 9.96. The Morgan fingerprint density at radius 3 is 2.29 bits per heavy atom. The highest BCUT2D eigenvalue weighted by Gasteiger charge is 2.57. The fourth-order valence-corrected chi connectivity index (χ4v) is 4.68. The second kappa shape index (κ2) is 9.18. The molecule has 1 fully saturated rings. The van der Waals surface area contributed by atoms with Crippen molar-refractivity contribution in [3.8, 4) is 11.1 Å². The molecule has 6 nitrogen and oxygen atoms in total. The molecule has 0 bridgehead atoms. The monoisotopic (exact) mass is 502 g/mol. The van der Waals surface area contributed by atoms with E-state index in [1.807, 2.05) is 4.72 Å². The van der Waals surface area contributed by atoms with E-state index in [4.69, 9.17) is 4.74 Å². The number of hydrogen-bond donors (Lipinski definition) is 1. The van der Waals surface area contributed by atoms with Crippen molar-refractivity contribution in [1.82, 2.24) is 9.62 Å². The molecule has 0 aliphatic carbocycles. The standard InChI is InChI=1S/C23H26F4N2O4S/c1-22(2,3)33-21(30)29-13-23(26,27)20(28-34(4,31)32)19(29)9-14-6-5-7-15(8-14)16-10-17(24)12-18(25)11-16/h5-8,10-12,19-20,28H,9,13H2,1-4H3/t19-,20+/m0/s1. The second-order valence-corrected chi connectivity index (χ2v) is 11.1. The fourth-order valence-electron chi connectivity index (χ4n) is 3.89. The summed E-state index contributed by atoms with van der Waals surface area (Å²) in [7, 11) is -4.04. The Bertz CT molecular complexity index is 1160. The average molecular weight is 503 g/mol. The van der Waals surface area contributed by atoms with Crippen molar-refractivity contribution in [1.29, 1.82) is 0 Å². The van der Waals surface area contributed by atoms with E-state index in [1.54, 1.807) is 45.0 Å². The van der Waals surface area contributed by atoms with Crippen LogP contribution in [0.4, 0.5) is 22.4 Å². The third-order valence-electron chi connectivity index (χ3n) is 5.16. The van der Waals surface area contributed by atoms with Crippen LogP contribution in [0.15, 0.2) is 42.5 Å². The van der Waals surface area contributed by atoms with Crippen molar-refractivity contribution in [3.05, 3.63) is 59.7 Å². The van der Waals surface area contributed by atoms with Gasteiger partial charge in [0.05, 0.1) is 18.8 Å². The molecule has 1 heterocycles. The molecule has 0 saturated carbocycles. The summed E-state index contributed by atoms with van der Waals surface area (Å²) in [5, 5.41) is 0. The zero-order valence-electron chi connectivity index (χ0n) is 19.1. The molecule has 2 aromatic rings. The van der Waals surface area contributed by atoms with Crippen molar-refractivity contribution >= 4 is 16.1 Å². The van der Waals surface area contributed by atoms with Gasteiger partial charge in [0.2, 0.25) is 10.0 Å². The molecule has 3 rings (SSSR count). The molecule has 2 atom stereocenters. The Morgan fingerprint density at radius 2 is 1.74 bits per heavy atom. The number of nitrogens with one attached hydrogen (secondary N) is 1. The number of rotatable bonds is 5. The van der Waals surface area contributed by atoms with Crippen LogP contribution in [0, 0.1) is 11.6 Å². The van der Waals surface area contributed by atoms with Gasteiger partial charge in [-0.15, -0.1) is 0 Å². The van der Waals surface area contributed by atoms with Crippen LogP contribution in [0.25, 0.3) is 11.1 Å². The van der Waals surface area contributed by atoms with Gasteiger partial charge in [-0.25, -0.2) is 35.5 Å². The second-order valence-electron chi connectivity index (χ2n) is 9.37. The van der Waals surface area contributed by atoms with Gasteiger partial charge >= 0.3 is 6.09 Å². The summed E-state index contributed by atoms with van der Waals surface area (Å²) in [6, 6.07) is 6.14. The van der Waals surface area contributed by atoms with Gasteiger partial charge in [0.1, 0.15) is 23.3 Å². The van der Waals surface area contributed by atoms with E-state index in [-0.39, 0.29) is 12.0 Å². The molecule has 2 aromatic carbocycles. The molecule has 34 heavy (non-hydrogen) atoms. The highest BCUT2D eigenvalue weighted by atomic mass is 32.2. The summed E-state index contributed by atoms with van der Waals surface area (Å²) in [6.07, 6.45) is -0.401. The number of benzene rings is 2. The predicted molar refractivity (Wildman–Crippen MR) is 119 cm³/mol. The first-order valence-electron chi connectivity index (χ1n) is 10.4. The van der Waals surface area contributed by atoms with E-state index in [9.17, 15) is 30.8 Å². The van der Waals surface area contributed by atoms with Crippen LogP contribution < -0.4 is 4.72 Å². The zero-order chi connectivity index (χ0) is 25.5. The Kier molecular flexibility index (Phi) is 7.01. The normalized spacial score (nSPS) is 20.4. The topological polar surface area (TPSA) is 75.7 Å². The Labute approximate surface area is 196 Å². The average Bonchev–Trinajstić information content (AvgIpc) is 2.89. The number of sulfonamides is 1. The number of carbonyl (C=O) groups excluding carboxylic acids is 1. The first kappa shape index (κ1) is 26.0. The number of nitrogens with zero attached hydrogens (tertiary/aromatic N) is 1. The van der Waals surface area contributed by atoms with Crippen LogP contribution in [-0.2, 0) is 21.2 Å². The SMILES string of the molecule is CC(C)(C)OC(=O)N1CC(F)(F)[C@H](NS(C)(=O)=O)[C@@H]1Cc1cccc(-c2cc(F)cc(F)c2)c1. The molecule has 1 aliphatic rings. The van der Waals surface area contributed by atoms with Gasteiger partial charge in [-0.1, -0.05) is 24.3 Å². The molecule has 0 spiro atoms. The van der Waals surface area contributed by atoms with Gasteiger partial charge in [0, 0.05) is 6.07 Å². The molecule has 11 heteroatoms. The molecule has 186 valence electrons. The highest BCUT2D eigenvalue weighted by Crippen LogP contribution is 2.36. The fraction of sp³-hybridized carbons (Fsp3) is 0.435. The quantitative estimate of drug-likeness (QED) is 0.617. The number of alkyl halides is 2. The Morgan fingerprint density at radius 1 is 1.12 bits per heavy atom. The maximum atomic E-state index is 14.9. The lowest BCUT2D eigenvalue weighted by molar-refractivity contribution is -0.0122.